The lowest BCUT2D eigenvalue weighted by Crippen LogP contribution is -2.37. The first kappa shape index (κ1) is 24.6. The highest BCUT2D eigenvalue weighted by atomic mass is 16.5. The van der Waals surface area contributed by atoms with Crippen molar-refractivity contribution < 1.29 is 28.6 Å². The summed E-state index contributed by atoms with van der Waals surface area (Å²) in [6, 6.07) is 19.3. The monoisotopic (exact) mass is 489 g/mol. The number of nitrogens with zero attached hydrogens (tertiary/aromatic N) is 2. The van der Waals surface area contributed by atoms with Crippen LogP contribution in [0.15, 0.2) is 72.8 Å². The van der Waals surface area contributed by atoms with E-state index in [1.807, 2.05) is 6.07 Å². The van der Waals surface area contributed by atoms with Gasteiger partial charge in [-0.1, -0.05) is 24.3 Å². The number of anilines is 2. The van der Waals surface area contributed by atoms with E-state index in [9.17, 15) is 14.4 Å². The van der Waals surface area contributed by atoms with E-state index in [-0.39, 0.29) is 18.9 Å². The highest BCUT2D eigenvalue weighted by molar-refractivity contribution is 6.22. The molecule has 4 amide bonds. The normalized spacial score (nSPS) is 15.1. The first-order chi connectivity index (χ1) is 17.4. The van der Waals surface area contributed by atoms with Crippen LogP contribution in [0.4, 0.5) is 16.2 Å². The van der Waals surface area contributed by atoms with Crippen molar-refractivity contribution >= 4 is 29.2 Å². The summed E-state index contributed by atoms with van der Waals surface area (Å²) < 4.78 is 15.9. The second-order valence-corrected chi connectivity index (χ2v) is 8.11. The lowest BCUT2D eigenvalue weighted by atomic mass is 10.1. The van der Waals surface area contributed by atoms with Crippen molar-refractivity contribution in [1.29, 1.82) is 0 Å². The predicted octanol–water partition coefficient (Wildman–Crippen LogP) is 4.08. The Morgan fingerprint density at radius 1 is 0.861 bits per heavy atom. The number of imide groups is 1. The van der Waals surface area contributed by atoms with E-state index in [0.717, 1.165) is 10.5 Å². The van der Waals surface area contributed by atoms with E-state index in [1.54, 1.807) is 66.7 Å². The molecule has 1 aliphatic heterocycles. The van der Waals surface area contributed by atoms with Crippen LogP contribution in [0.1, 0.15) is 12.0 Å². The maximum atomic E-state index is 13.5. The summed E-state index contributed by atoms with van der Waals surface area (Å²) in [6.45, 7) is 0.0981. The number of amides is 4. The van der Waals surface area contributed by atoms with Gasteiger partial charge in [0.1, 0.15) is 11.8 Å². The molecule has 1 heterocycles. The van der Waals surface area contributed by atoms with Gasteiger partial charge in [0.05, 0.1) is 33.4 Å². The Hall–Kier alpha value is -4.53. The molecular weight excluding hydrogens is 462 g/mol. The van der Waals surface area contributed by atoms with Gasteiger partial charge < -0.3 is 24.4 Å². The Balaban J connectivity index is 1.63. The molecule has 1 fully saturated rings. The van der Waals surface area contributed by atoms with E-state index >= 15 is 0 Å². The second kappa shape index (κ2) is 10.8. The van der Waals surface area contributed by atoms with Gasteiger partial charge in [0.15, 0.2) is 11.5 Å². The van der Waals surface area contributed by atoms with Crippen LogP contribution in [-0.2, 0) is 16.1 Å². The number of para-hydroxylation sites is 1. The summed E-state index contributed by atoms with van der Waals surface area (Å²) in [5.74, 6) is 0.788. The number of ether oxygens (including phenoxy) is 3. The largest absolute Gasteiger partial charge is 0.497 e. The Morgan fingerprint density at radius 2 is 1.56 bits per heavy atom. The molecule has 0 radical (unpaired) electrons. The fourth-order valence-electron chi connectivity index (χ4n) is 4.07. The smallest absolute Gasteiger partial charge is 0.332 e. The fraction of sp³-hybridized carbons (Fsp3) is 0.222. The van der Waals surface area contributed by atoms with Gasteiger partial charge in [-0.3, -0.25) is 9.59 Å². The van der Waals surface area contributed by atoms with Gasteiger partial charge in [0.25, 0.3) is 5.91 Å². The molecular formula is C27H27N3O6. The molecule has 9 heteroatoms. The van der Waals surface area contributed by atoms with Gasteiger partial charge in [-0.15, -0.1) is 0 Å². The quantitative estimate of drug-likeness (QED) is 0.455. The molecule has 1 aliphatic rings. The van der Waals surface area contributed by atoms with Crippen molar-refractivity contribution in [2.45, 2.75) is 19.0 Å². The molecule has 0 bridgehead atoms. The second-order valence-electron chi connectivity index (χ2n) is 8.11. The number of benzene rings is 3. The molecule has 4 rings (SSSR count). The number of carbonyl (C=O) groups is 3. The molecule has 3 aromatic carbocycles. The van der Waals surface area contributed by atoms with Crippen molar-refractivity contribution in [3.8, 4) is 17.2 Å². The maximum Gasteiger partial charge on any atom is 0.332 e. The Morgan fingerprint density at radius 3 is 2.19 bits per heavy atom. The highest BCUT2D eigenvalue weighted by Crippen LogP contribution is 2.32. The van der Waals surface area contributed by atoms with E-state index in [1.165, 1.54) is 26.2 Å². The summed E-state index contributed by atoms with van der Waals surface area (Å²) in [6.07, 6.45) is -0.195. The first-order valence-corrected chi connectivity index (χ1v) is 11.3. The average molecular weight is 490 g/mol. The minimum atomic E-state index is -0.989. The van der Waals surface area contributed by atoms with Gasteiger partial charge in [-0.25, -0.2) is 9.69 Å². The molecule has 1 N–H and O–H groups in total. The third-order valence-corrected chi connectivity index (χ3v) is 5.89. The van der Waals surface area contributed by atoms with Crippen LogP contribution < -0.4 is 24.4 Å². The third-order valence-electron chi connectivity index (χ3n) is 5.89. The molecule has 9 nitrogen and oxygen atoms in total. The van der Waals surface area contributed by atoms with Gasteiger partial charge in [-0.05, 0) is 54.1 Å². The summed E-state index contributed by atoms with van der Waals surface area (Å²) >= 11 is 0. The van der Waals surface area contributed by atoms with Crippen LogP contribution in [0.25, 0.3) is 0 Å². The number of urea groups is 1. The van der Waals surface area contributed by atoms with Gasteiger partial charge >= 0.3 is 6.03 Å². The summed E-state index contributed by atoms with van der Waals surface area (Å²) in [5, 5.41) is 2.79. The van der Waals surface area contributed by atoms with Crippen LogP contribution in [0.3, 0.4) is 0 Å². The van der Waals surface area contributed by atoms with Crippen molar-refractivity contribution in [2.24, 2.45) is 0 Å². The number of nitrogens with one attached hydrogen (secondary N) is 1. The average Bonchev–Trinajstić information content (AvgIpc) is 3.12. The van der Waals surface area contributed by atoms with E-state index in [4.69, 9.17) is 14.2 Å². The van der Waals surface area contributed by atoms with Crippen LogP contribution in [0.2, 0.25) is 0 Å². The molecule has 0 aromatic heterocycles. The summed E-state index contributed by atoms with van der Waals surface area (Å²) in [5.41, 5.74) is 1.73. The molecule has 1 atom stereocenters. The van der Waals surface area contributed by atoms with Gasteiger partial charge in [0.2, 0.25) is 5.91 Å². The van der Waals surface area contributed by atoms with E-state index in [0.29, 0.717) is 28.6 Å². The molecule has 0 aliphatic carbocycles. The predicted molar refractivity (Wildman–Crippen MR) is 134 cm³/mol. The molecule has 186 valence electrons. The molecule has 0 spiro atoms. The fourth-order valence-corrected chi connectivity index (χ4v) is 4.07. The lowest BCUT2D eigenvalue weighted by Gasteiger charge is -2.22. The standard InChI is InChI=1S/C27H27N3O6/c1-34-21-12-10-20(11-13-21)30-26(32)22(16-25(31)28-19-7-5-4-6-8-19)29(27(30)33)17-18-9-14-23(35-2)24(15-18)36-3/h4-15,22H,16-17H2,1-3H3,(H,28,31)/t22-/m1/s1. The number of methoxy groups -OCH3 is 3. The maximum absolute atomic E-state index is 13.5. The minimum Gasteiger partial charge on any atom is -0.497 e. The molecule has 0 saturated carbocycles. The van der Waals surface area contributed by atoms with Crippen molar-refractivity contribution in [1.82, 2.24) is 4.90 Å². The van der Waals surface area contributed by atoms with Crippen molar-refractivity contribution in [3.63, 3.8) is 0 Å². The number of carbonyl (C=O) groups excluding carboxylic acids is 3. The summed E-state index contributed by atoms with van der Waals surface area (Å²) in [4.78, 5) is 42.4. The third kappa shape index (κ3) is 5.10. The van der Waals surface area contributed by atoms with Crippen molar-refractivity contribution in [2.75, 3.05) is 31.5 Å². The Labute approximate surface area is 209 Å². The number of rotatable bonds is 9. The molecule has 0 unspecified atom stereocenters. The Bertz CT molecular complexity index is 1250. The highest BCUT2D eigenvalue weighted by Gasteiger charge is 2.46. The zero-order valence-corrected chi connectivity index (χ0v) is 20.3. The Kier molecular flexibility index (Phi) is 7.39. The molecule has 36 heavy (non-hydrogen) atoms. The zero-order chi connectivity index (χ0) is 25.7. The summed E-state index contributed by atoms with van der Waals surface area (Å²) in [7, 11) is 4.59. The van der Waals surface area contributed by atoms with E-state index < -0.39 is 18.0 Å². The minimum absolute atomic E-state index is 0.0981. The number of hydrogen-bond donors (Lipinski definition) is 1. The molecule has 1 saturated heterocycles. The van der Waals surface area contributed by atoms with Crippen LogP contribution >= 0.6 is 0 Å². The topological polar surface area (TPSA) is 97.4 Å². The first-order valence-electron chi connectivity index (χ1n) is 11.3. The van der Waals surface area contributed by atoms with Gasteiger partial charge in [0, 0.05) is 12.2 Å². The van der Waals surface area contributed by atoms with E-state index in [2.05, 4.69) is 5.32 Å². The van der Waals surface area contributed by atoms with Gasteiger partial charge in [-0.2, -0.15) is 0 Å². The van der Waals surface area contributed by atoms with Crippen LogP contribution in [0.5, 0.6) is 17.2 Å². The van der Waals surface area contributed by atoms with Crippen molar-refractivity contribution in [3.05, 3.63) is 78.4 Å². The SMILES string of the molecule is COc1ccc(N2C(=O)[C@@H](CC(=O)Nc3ccccc3)N(Cc3ccc(OC)c(OC)c3)C2=O)cc1. The zero-order valence-electron chi connectivity index (χ0n) is 20.3. The van der Waals surface area contributed by atoms with Crippen LogP contribution in [0, 0.1) is 0 Å². The van der Waals surface area contributed by atoms with Crippen LogP contribution in [-0.4, -0.2) is 50.1 Å². The molecule has 3 aromatic rings. The number of hydrogen-bond acceptors (Lipinski definition) is 6. The lowest BCUT2D eigenvalue weighted by molar-refractivity contribution is -0.124.